The predicted octanol–water partition coefficient (Wildman–Crippen LogP) is 2.33. The number of carbonyl (C=O) groups is 2. The van der Waals surface area contributed by atoms with Gasteiger partial charge in [0.1, 0.15) is 11.6 Å². The van der Waals surface area contributed by atoms with E-state index in [1.165, 1.54) is 19.3 Å². The molecule has 1 aliphatic heterocycles. The summed E-state index contributed by atoms with van der Waals surface area (Å²) < 4.78 is 0. The van der Waals surface area contributed by atoms with Crippen LogP contribution < -0.4 is 5.32 Å². The van der Waals surface area contributed by atoms with Gasteiger partial charge in [-0.05, 0) is 49.9 Å². The largest absolute Gasteiger partial charge is 0.340 e. The maximum atomic E-state index is 13.1. The van der Waals surface area contributed by atoms with Crippen molar-refractivity contribution in [1.82, 2.24) is 10.2 Å². The van der Waals surface area contributed by atoms with Crippen LogP contribution in [-0.2, 0) is 9.59 Å². The van der Waals surface area contributed by atoms with Crippen LogP contribution in [0.1, 0.15) is 59.8 Å². The molecule has 4 heteroatoms. The maximum Gasteiger partial charge on any atom is 0.249 e. The van der Waals surface area contributed by atoms with E-state index in [2.05, 4.69) is 12.2 Å². The van der Waals surface area contributed by atoms with Crippen molar-refractivity contribution in [2.24, 2.45) is 17.3 Å². The minimum Gasteiger partial charge on any atom is -0.340 e. The molecular weight excluding hydrogens is 264 g/mol. The third-order valence-corrected chi connectivity index (χ3v) is 5.83. The third-order valence-electron chi connectivity index (χ3n) is 5.83. The topological polar surface area (TPSA) is 49.4 Å². The molecule has 3 fully saturated rings. The number of nitrogens with one attached hydrogen (secondary N) is 1. The second-order valence-corrected chi connectivity index (χ2v) is 8.25. The lowest BCUT2D eigenvalue weighted by molar-refractivity contribution is -0.160. The Hall–Kier alpha value is -1.06. The minimum atomic E-state index is -0.664. The van der Waals surface area contributed by atoms with Crippen LogP contribution in [0.15, 0.2) is 0 Å². The molecule has 1 heterocycles. The molecule has 0 radical (unpaired) electrons. The number of hydrogen-bond acceptors (Lipinski definition) is 2. The standard InChI is InChI=1S/C17H28N2O2/c1-11(2)13-14(20)18-17(4,12-6-7-12)15(21)19(13)10-16(3)8-5-9-16/h11-13H,5-10H2,1-4H3,(H,18,20). The van der Waals surface area contributed by atoms with Crippen molar-refractivity contribution in [3.8, 4) is 0 Å². The van der Waals surface area contributed by atoms with Crippen LogP contribution >= 0.6 is 0 Å². The Bertz CT molecular complexity index is 465. The highest BCUT2D eigenvalue weighted by molar-refractivity contribution is 6.00. The van der Waals surface area contributed by atoms with Crippen LogP contribution in [-0.4, -0.2) is 34.8 Å². The summed E-state index contributed by atoms with van der Waals surface area (Å²) in [6.07, 6.45) is 5.70. The van der Waals surface area contributed by atoms with Crippen molar-refractivity contribution >= 4 is 11.8 Å². The highest BCUT2D eigenvalue weighted by Gasteiger charge is 2.56. The zero-order valence-corrected chi connectivity index (χ0v) is 13.7. The fraction of sp³-hybridized carbons (Fsp3) is 0.882. The number of piperazine rings is 1. The first-order valence-corrected chi connectivity index (χ1v) is 8.40. The van der Waals surface area contributed by atoms with Crippen molar-refractivity contribution in [3.63, 3.8) is 0 Å². The van der Waals surface area contributed by atoms with Crippen molar-refractivity contribution in [3.05, 3.63) is 0 Å². The summed E-state index contributed by atoms with van der Waals surface area (Å²) in [5.41, 5.74) is -0.451. The van der Waals surface area contributed by atoms with Crippen LogP contribution in [0.2, 0.25) is 0 Å². The molecule has 2 aliphatic carbocycles. The molecule has 0 aromatic heterocycles. The Labute approximate surface area is 127 Å². The quantitative estimate of drug-likeness (QED) is 0.864. The van der Waals surface area contributed by atoms with Gasteiger partial charge in [-0.3, -0.25) is 9.59 Å². The van der Waals surface area contributed by atoms with Gasteiger partial charge in [-0.2, -0.15) is 0 Å². The molecule has 0 bridgehead atoms. The first-order valence-electron chi connectivity index (χ1n) is 8.40. The molecule has 21 heavy (non-hydrogen) atoms. The molecule has 2 amide bonds. The highest BCUT2D eigenvalue weighted by Crippen LogP contribution is 2.46. The molecule has 3 rings (SSSR count). The van der Waals surface area contributed by atoms with E-state index in [0.717, 1.165) is 19.4 Å². The first-order chi connectivity index (χ1) is 9.77. The number of rotatable bonds is 4. The van der Waals surface area contributed by atoms with Crippen LogP contribution in [0.25, 0.3) is 0 Å². The van der Waals surface area contributed by atoms with Gasteiger partial charge in [-0.1, -0.05) is 27.2 Å². The Morgan fingerprint density at radius 2 is 1.86 bits per heavy atom. The molecule has 4 nitrogen and oxygen atoms in total. The Morgan fingerprint density at radius 1 is 1.24 bits per heavy atom. The average molecular weight is 292 g/mol. The summed E-state index contributed by atoms with van der Waals surface area (Å²) in [6.45, 7) is 8.99. The summed E-state index contributed by atoms with van der Waals surface area (Å²) in [6, 6.07) is -0.304. The monoisotopic (exact) mass is 292 g/mol. The molecule has 1 saturated heterocycles. The summed E-state index contributed by atoms with van der Waals surface area (Å²) >= 11 is 0. The fourth-order valence-electron chi connectivity index (χ4n) is 4.07. The van der Waals surface area contributed by atoms with Gasteiger partial charge in [0.25, 0.3) is 0 Å². The molecule has 2 saturated carbocycles. The minimum absolute atomic E-state index is 0.0434. The molecular formula is C17H28N2O2. The molecule has 0 aromatic carbocycles. The Morgan fingerprint density at radius 3 is 2.29 bits per heavy atom. The van der Waals surface area contributed by atoms with E-state index >= 15 is 0 Å². The first kappa shape index (κ1) is 14.9. The van der Waals surface area contributed by atoms with Crippen molar-refractivity contribution in [2.45, 2.75) is 71.4 Å². The zero-order valence-electron chi connectivity index (χ0n) is 13.7. The maximum absolute atomic E-state index is 13.1. The highest BCUT2D eigenvalue weighted by atomic mass is 16.2. The average Bonchev–Trinajstić information content (AvgIpc) is 3.17. The lowest BCUT2D eigenvalue weighted by Crippen LogP contribution is -2.72. The third kappa shape index (κ3) is 2.36. The van der Waals surface area contributed by atoms with Gasteiger partial charge < -0.3 is 10.2 Å². The van der Waals surface area contributed by atoms with Gasteiger partial charge >= 0.3 is 0 Å². The number of amides is 2. The molecule has 2 unspecified atom stereocenters. The second kappa shape index (κ2) is 4.72. The van der Waals surface area contributed by atoms with Crippen molar-refractivity contribution in [1.29, 1.82) is 0 Å². The van der Waals surface area contributed by atoms with Gasteiger partial charge in [-0.15, -0.1) is 0 Å². The summed E-state index contributed by atoms with van der Waals surface area (Å²) in [5, 5.41) is 3.06. The van der Waals surface area contributed by atoms with Crippen molar-refractivity contribution < 1.29 is 9.59 Å². The van der Waals surface area contributed by atoms with Crippen LogP contribution in [0.4, 0.5) is 0 Å². The van der Waals surface area contributed by atoms with E-state index in [-0.39, 0.29) is 29.2 Å². The molecule has 2 atom stereocenters. The second-order valence-electron chi connectivity index (χ2n) is 8.25. The van der Waals surface area contributed by atoms with Gasteiger partial charge in [0.15, 0.2) is 0 Å². The van der Waals surface area contributed by atoms with E-state index in [0.29, 0.717) is 5.92 Å². The van der Waals surface area contributed by atoms with Gasteiger partial charge in [-0.25, -0.2) is 0 Å². The molecule has 118 valence electrons. The van der Waals surface area contributed by atoms with Crippen LogP contribution in [0, 0.1) is 17.3 Å². The lowest BCUT2D eigenvalue weighted by atomic mass is 9.69. The normalized spacial score (nSPS) is 35.7. The Balaban J connectivity index is 1.89. The summed E-state index contributed by atoms with van der Waals surface area (Å²) in [7, 11) is 0. The fourth-order valence-corrected chi connectivity index (χ4v) is 4.07. The smallest absolute Gasteiger partial charge is 0.249 e. The van der Waals surface area contributed by atoms with E-state index < -0.39 is 5.54 Å². The van der Waals surface area contributed by atoms with Gasteiger partial charge in [0, 0.05) is 6.54 Å². The molecule has 3 aliphatic rings. The van der Waals surface area contributed by atoms with Crippen molar-refractivity contribution in [2.75, 3.05) is 6.54 Å². The molecule has 0 spiro atoms. The molecule has 0 aromatic rings. The zero-order chi connectivity index (χ0) is 15.4. The molecule has 1 N–H and O–H groups in total. The summed E-state index contributed by atoms with van der Waals surface area (Å²) in [5.74, 6) is 0.679. The SMILES string of the molecule is CC(C)C1C(=O)NC(C)(C2CC2)C(=O)N1CC1(C)CCC1. The predicted molar refractivity (Wildman–Crippen MR) is 81.6 cm³/mol. The number of hydrogen-bond donors (Lipinski definition) is 1. The summed E-state index contributed by atoms with van der Waals surface area (Å²) in [4.78, 5) is 27.7. The number of carbonyl (C=O) groups excluding carboxylic acids is 2. The number of nitrogens with zero attached hydrogens (tertiary/aromatic N) is 1. The van der Waals surface area contributed by atoms with Gasteiger partial charge in [0.2, 0.25) is 11.8 Å². The van der Waals surface area contributed by atoms with E-state index in [9.17, 15) is 9.59 Å². The van der Waals surface area contributed by atoms with E-state index in [1.54, 1.807) is 0 Å². The lowest BCUT2D eigenvalue weighted by Gasteiger charge is -2.51. The van der Waals surface area contributed by atoms with Crippen LogP contribution in [0.5, 0.6) is 0 Å². The van der Waals surface area contributed by atoms with E-state index in [4.69, 9.17) is 0 Å². The van der Waals surface area contributed by atoms with Crippen LogP contribution in [0.3, 0.4) is 0 Å². The van der Waals surface area contributed by atoms with Gasteiger partial charge in [0.05, 0.1) is 0 Å². The Kier molecular flexibility index (Phi) is 3.34. The van der Waals surface area contributed by atoms with E-state index in [1.807, 2.05) is 25.7 Å².